The molecule has 3 rings (SSSR count). The molecule has 0 amide bonds. The third-order valence-corrected chi connectivity index (χ3v) is 17.9. The highest BCUT2D eigenvalue weighted by Gasteiger charge is 2.62. The van der Waals surface area contributed by atoms with E-state index >= 15 is 0 Å². The summed E-state index contributed by atoms with van der Waals surface area (Å²) in [6.45, 7) is 20.3. The van der Waals surface area contributed by atoms with Gasteiger partial charge in [-0.05, 0) is 22.2 Å². The second-order valence-corrected chi connectivity index (χ2v) is 20.9. The number of ether oxygens (including phenoxy) is 3. The van der Waals surface area contributed by atoms with E-state index in [0.717, 1.165) is 0 Å². The first-order valence-corrected chi connectivity index (χ1v) is 17.9. The largest absolute Gasteiger partial charge is 0.438 e. The predicted octanol–water partition coefficient (Wildman–Crippen LogP) is 3.93. The van der Waals surface area contributed by atoms with Crippen LogP contribution >= 0.6 is 0 Å². The number of fused-ring (bicyclic) bond motifs is 1. The molecule has 1 aromatic heterocycles. The molecule has 0 unspecified atom stereocenters. The number of carbonyl (C=O) groups is 1. The normalized spacial score (nSPS) is 26.7. The average molecular weight is 587 g/mol. The lowest BCUT2D eigenvalue weighted by Gasteiger charge is -2.51. The molecule has 0 bridgehead atoms. The van der Waals surface area contributed by atoms with Gasteiger partial charge >= 0.3 is 28.8 Å². The minimum atomic E-state index is -3.02. The number of nitrogens with zero attached hydrogens (tertiary/aromatic N) is 1. The second kappa shape index (κ2) is 12.5. The van der Waals surface area contributed by atoms with Gasteiger partial charge in [-0.2, -0.15) is 0 Å². The molecular formula is C26H46N2O9Si2. The highest BCUT2D eigenvalue weighted by Crippen LogP contribution is 2.48. The molecule has 4 atom stereocenters. The van der Waals surface area contributed by atoms with Crippen LogP contribution in [0.1, 0.15) is 75.5 Å². The Morgan fingerprint density at radius 3 is 2.10 bits per heavy atom. The van der Waals surface area contributed by atoms with Crippen LogP contribution in [0.4, 0.5) is 0 Å². The first-order valence-electron chi connectivity index (χ1n) is 13.9. The number of esters is 1. The number of aromatic amines is 1. The molecule has 2 aliphatic heterocycles. The number of nitrogens with one attached hydrogen (secondary N) is 1. The van der Waals surface area contributed by atoms with Crippen molar-refractivity contribution in [3.63, 3.8) is 0 Å². The van der Waals surface area contributed by atoms with Crippen molar-refractivity contribution < 1.29 is 32.0 Å². The molecule has 11 nitrogen and oxygen atoms in total. The van der Waals surface area contributed by atoms with Crippen LogP contribution in [0.5, 0.6) is 0 Å². The van der Waals surface area contributed by atoms with Crippen LogP contribution in [0.25, 0.3) is 0 Å². The van der Waals surface area contributed by atoms with Crippen LogP contribution in [-0.4, -0.2) is 64.4 Å². The molecule has 0 aliphatic carbocycles. The molecule has 222 valence electrons. The molecule has 0 aromatic carbocycles. The molecule has 1 N–H and O–H groups in total. The van der Waals surface area contributed by atoms with E-state index in [4.69, 9.17) is 27.2 Å². The number of rotatable bonds is 9. The average Bonchev–Trinajstić information content (AvgIpc) is 3.14. The molecule has 2 saturated heterocycles. The summed E-state index contributed by atoms with van der Waals surface area (Å²) < 4.78 is 40.3. The van der Waals surface area contributed by atoms with Crippen molar-refractivity contribution in [2.45, 2.75) is 116 Å². The molecule has 2 aliphatic rings. The van der Waals surface area contributed by atoms with E-state index in [2.05, 4.69) is 60.4 Å². The molecule has 0 saturated carbocycles. The monoisotopic (exact) mass is 586 g/mol. The summed E-state index contributed by atoms with van der Waals surface area (Å²) in [7, 11) is -5.82. The quantitative estimate of drug-likeness (QED) is 0.260. The Morgan fingerprint density at radius 2 is 1.59 bits per heavy atom. The van der Waals surface area contributed by atoms with Crippen molar-refractivity contribution >= 4 is 23.1 Å². The van der Waals surface area contributed by atoms with Gasteiger partial charge in [-0.15, -0.1) is 0 Å². The second-order valence-electron chi connectivity index (χ2n) is 12.0. The summed E-state index contributed by atoms with van der Waals surface area (Å²) in [5.74, 6) is -0.739. The lowest BCUT2D eigenvalue weighted by Crippen LogP contribution is -2.66. The van der Waals surface area contributed by atoms with Gasteiger partial charge < -0.3 is 27.2 Å². The van der Waals surface area contributed by atoms with Crippen molar-refractivity contribution in [2.75, 3.05) is 13.4 Å². The highest BCUT2D eigenvalue weighted by atomic mass is 28.5. The van der Waals surface area contributed by atoms with Crippen LogP contribution in [0.15, 0.2) is 21.9 Å². The number of H-pyrrole nitrogens is 1. The standard InChI is InChI=1S/C26H46N2O9Si2/c1-15(2)25(30)33-14-32-23-22-20(35-24(23)28-12-11-21(29)27-26(28)31)13-34-38(16(3)4,17(5)6)37-39(36-22,18(7)8)19(9)10/h11-12,15-20,22-24H,13-14H2,1-10H3,(H,27,29,31)/t20-,22-,23-,24-/m1/s1. The van der Waals surface area contributed by atoms with Crippen LogP contribution in [0.2, 0.25) is 22.2 Å². The van der Waals surface area contributed by atoms with Crippen LogP contribution in [0.3, 0.4) is 0 Å². The van der Waals surface area contributed by atoms with Gasteiger partial charge in [0.05, 0.1) is 12.5 Å². The van der Waals surface area contributed by atoms with Gasteiger partial charge in [-0.1, -0.05) is 69.2 Å². The Labute approximate surface area is 233 Å². The molecule has 0 spiro atoms. The van der Waals surface area contributed by atoms with Gasteiger partial charge in [0, 0.05) is 12.3 Å². The van der Waals surface area contributed by atoms with Crippen molar-refractivity contribution in [3.05, 3.63) is 33.1 Å². The summed E-state index contributed by atoms with van der Waals surface area (Å²) in [6, 6.07) is 1.25. The van der Waals surface area contributed by atoms with E-state index in [1.54, 1.807) is 13.8 Å². The van der Waals surface area contributed by atoms with Crippen LogP contribution in [0, 0.1) is 5.92 Å². The van der Waals surface area contributed by atoms with Gasteiger partial charge in [0.15, 0.2) is 13.0 Å². The SMILES string of the molecule is CC(C)C(=O)OCO[C@@H]1[C@@H]2O[Si](C(C)C)(C(C)C)O[Si](C(C)C)(C(C)C)OC[C@H]2O[C@H]1n1ccc(=O)[nH]c1=O. The number of carbonyl (C=O) groups excluding carboxylic acids is 1. The minimum Gasteiger partial charge on any atom is -0.438 e. The lowest BCUT2D eigenvalue weighted by atomic mass is 10.1. The van der Waals surface area contributed by atoms with E-state index in [1.165, 1.54) is 16.8 Å². The summed E-state index contributed by atoms with van der Waals surface area (Å²) in [4.78, 5) is 39.0. The third-order valence-electron chi connectivity index (χ3n) is 7.68. The number of hydrogen-bond donors (Lipinski definition) is 1. The number of hydrogen-bond acceptors (Lipinski definition) is 9. The molecule has 3 heterocycles. The number of aromatic nitrogens is 2. The van der Waals surface area contributed by atoms with Crippen molar-refractivity contribution in [1.29, 1.82) is 0 Å². The van der Waals surface area contributed by atoms with Gasteiger partial charge in [-0.3, -0.25) is 19.1 Å². The molecule has 13 heteroatoms. The van der Waals surface area contributed by atoms with Crippen LogP contribution < -0.4 is 11.2 Å². The van der Waals surface area contributed by atoms with Gasteiger partial charge in [-0.25, -0.2) is 4.79 Å². The van der Waals surface area contributed by atoms with E-state index in [-0.39, 0.29) is 41.5 Å². The third kappa shape index (κ3) is 6.34. The zero-order valence-corrected chi connectivity index (χ0v) is 26.9. The Hall–Kier alpha value is -1.62. The Bertz CT molecular complexity index is 1090. The summed E-state index contributed by atoms with van der Waals surface area (Å²) in [6.07, 6.45) is -1.69. The molecule has 1 aromatic rings. The maximum absolute atomic E-state index is 12.8. The molecule has 39 heavy (non-hydrogen) atoms. The fourth-order valence-electron chi connectivity index (χ4n) is 5.49. The fraction of sp³-hybridized carbons (Fsp3) is 0.808. The lowest BCUT2D eigenvalue weighted by molar-refractivity contribution is -0.174. The maximum Gasteiger partial charge on any atom is 0.335 e. The van der Waals surface area contributed by atoms with E-state index in [9.17, 15) is 14.4 Å². The molecule has 2 fully saturated rings. The first-order chi connectivity index (χ1) is 18.2. The zero-order valence-electron chi connectivity index (χ0n) is 24.9. The summed E-state index contributed by atoms with van der Waals surface area (Å²) in [5, 5.41) is 0. The smallest absolute Gasteiger partial charge is 0.335 e. The van der Waals surface area contributed by atoms with Gasteiger partial charge in [0.1, 0.15) is 18.3 Å². The topological polar surface area (TPSA) is 127 Å². The fourth-order valence-corrected chi connectivity index (χ4v) is 16.7. The van der Waals surface area contributed by atoms with E-state index in [0.29, 0.717) is 0 Å². The first kappa shape index (κ1) is 31.9. The van der Waals surface area contributed by atoms with Crippen molar-refractivity contribution in [2.24, 2.45) is 5.92 Å². The van der Waals surface area contributed by atoms with Gasteiger partial charge in [0.25, 0.3) is 5.56 Å². The Morgan fingerprint density at radius 1 is 1.00 bits per heavy atom. The van der Waals surface area contributed by atoms with Crippen LogP contribution in [-0.2, 0) is 32.0 Å². The molecular weight excluding hydrogens is 540 g/mol. The van der Waals surface area contributed by atoms with Crippen molar-refractivity contribution in [1.82, 2.24) is 9.55 Å². The minimum absolute atomic E-state index is 0.0681. The molecule has 0 radical (unpaired) electrons. The summed E-state index contributed by atoms with van der Waals surface area (Å²) >= 11 is 0. The van der Waals surface area contributed by atoms with Gasteiger partial charge in [0.2, 0.25) is 0 Å². The highest BCUT2D eigenvalue weighted by molar-refractivity contribution is 6.84. The van der Waals surface area contributed by atoms with E-state index < -0.39 is 58.9 Å². The van der Waals surface area contributed by atoms with Crippen molar-refractivity contribution in [3.8, 4) is 0 Å². The summed E-state index contributed by atoms with van der Waals surface area (Å²) in [5.41, 5.74) is -0.715. The Kier molecular flexibility index (Phi) is 10.2. The Balaban J connectivity index is 2.10. The predicted molar refractivity (Wildman–Crippen MR) is 150 cm³/mol. The van der Waals surface area contributed by atoms with E-state index in [1.807, 2.05) is 0 Å². The zero-order chi connectivity index (χ0) is 29.3. The maximum atomic E-state index is 12.8.